The van der Waals surface area contributed by atoms with Crippen LogP contribution in [0.25, 0.3) is 0 Å². The Bertz CT molecular complexity index is 594. The Hall–Kier alpha value is -0.160. The molecule has 2 aliphatic carbocycles. The molecule has 2 rings (SSSR count). The molecule has 0 spiro atoms. The number of allylic oxidation sites excluding steroid dienone is 1. The smallest absolute Gasteiger partial charge is 0.134 e. The maximum absolute atomic E-state index is 7.31. The number of methoxy groups -OCH3 is 1. The fourth-order valence-corrected chi connectivity index (χ4v) is 6.60. The van der Waals surface area contributed by atoms with E-state index in [1.54, 1.807) is 26.7 Å². The minimum absolute atomic E-state index is 0.00340. The van der Waals surface area contributed by atoms with Crippen molar-refractivity contribution in [1.29, 1.82) is 5.26 Å². The molecule has 0 saturated heterocycles. The van der Waals surface area contributed by atoms with Crippen molar-refractivity contribution in [2.24, 2.45) is 47.3 Å². The maximum atomic E-state index is 7.31. The van der Waals surface area contributed by atoms with E-state index in [0.717, 1.165) is 62.1 Å². The van der Waals surface area contributed by atoms with Gasteiger partial charge < -0.3 is 15.4 Å². The topological polar surface area (TPSA) is 57.1 Å². The van der Waals surface area contributed by atoms with E-state index in [1.807, 2.05) is 34.1 Å². The van der Waals surface area contributed by atoms with Gasteiger partial charge in [0.1, 0.15) is 4.08 Å². The minimum Gasteiger partial charge on any atom is -0.379 e. The Kier molecular flexibility index (Phi) is 37.4. The van der Waals surface area contributed by atoms with E-state index < -0.39 is 0 Å². The summed E-state index contributed by atoms with van der Waals surface area (Å²) in [7, 11) is 3.85. The van der Waals surface area contributed by atoms with Crippen molar-refractivity contribution in [2.45, 2.75) is 141 Å². The van der Waals surface area contributed by atoms with Crippen molar-refractivity contribution in [3.8, 4) is 4.08 Å². The molecule has 4 nitrogen and oxygen atoms in total. The van der Waals surface area contributed by atoms with Gasteiger partial charge in [0, 0.05) is 7.11 Å². The zero-order valence-electron chi connectivity index (χ0n) is 31.2. The van der Waals surface area contributed by atoms with E-state index in [1.165, 1.54) is 32.1 Å². The second-order valence-corrected chi connectivity index (χ2v) is 13.3. The van der Waals surface area contributed by atoms with Gasteiger partial charge in [-0.25, -0.2) is 0 Å². The fourth-order valence-electron chi connectivity index (χ4n) is 6.60. The first-order chi connectivity index (χ1) is 19.8. The molecule has 0 aromatic rings. The van der Waals surface area contributed by atoms with Gasteiger partial charge in [0.2, 0.25) is 0 Å². The number of ether oxygens (including phenoxy) is 1. The highest BCUT2D eigenvalue weighted by Crippen LogP contribution is 2.60. The van der Waals surface area contributed by atoms with Crippen molar-refractivity contribution < 1.29 is 4.74 Å². The summed E-state index contributed by atoms with van der Waals surface area (Å²) >= 11 is 1.59. The third kappa shape index (κ3) is 24.2. The molecule has 0 amide bonds. The van der Waals surface area contributed by atoms with E-state index in [2.05, 4.69) is 93.4 Å². The number of halogens is 1. The lowest BCUT2D eigenvalue weighted by Gasteiger charge is -2.61. The maximum Gasteiger partial charge on any atom is 0.134 e. The number of nitriles is 1. The van der Waals surface area contributed by atoms with E-state index in [-0.39, 0.29) is 5.60 Å². The van der Waals surface area contributed by atoms with Gasteiger partial charge in [-0.05, 0) is 107 Å². The highest BCUT2D eigenvalue weighted by molar-refractivity contribution is 14.1. The summed E-state index contributed by atoms with van der Waals surface area (Å²) < 4.78 is 7.51. The molecule has 5 heteroatoms. The van der Waals surface area contributed by atoms with Gasteiger partial charge in [-0.2, -0.15) is 5.26 Å². The summed E-state index contributed by atoms with van der Waals surface area (Å²) in [5.41, 5.74) is -0.00340. The lowest BCUT2D eigenvalue weighted by molar-refractivity contribution is -0.129. The Morgan fingerprint density at radius 3 is 1.74 bits per heavy atom. The quantitative estimate of drug-likeness (QED) is 0.139. The third-order valence-electron chi connectivity index (χ3n) is 8.90. The van der Waals surface area contributed by atoms with Crippen LogP contribution in [0.5, 0.6) is 0 Å². The van der Waals surface area contributed by atoms with E-state index in [9.17, 15) is 0 Å². The number of unbranched alkanes of at least 4 members (excludes halogenated alkanes) is 2. The second kappa shape index (κ2) is 32.2. The van der Waals surface area contributed by atoms with Crippen LogP contribution < -0.4 is 10.6 Å². The fraction of sp³-hybridized carbons (Fsp3) is 0.919. The lowest BCUT2D eigenvalue weighted by Crippen LogP contribution is -2.55. The first-order valence-electron chi connectivity index (χ1n) is 17.4. The predicted molar refractivity (Wildman–Crippen MR) is 200 cm³/mol. The average molecular weight is 708 g/mol. The number of nitrogens with one attached hydrogen (secondary N) is 2. The van der Waals surface area contributed by atoms with Crippen LogP contribution in [0.15, 0.2) is 12.7 Å². The molecule has 254 valence electrons. The summed E-state index contributed by atoms with van der Waals surface area (Å²) in [4.78, 5) is 0. The molecule has 9 atom stereocenters. The lowest BCUT2D eigenvalue weighted by atomic mass is 9.44. The molecule has 0 radical (unpaired) electrons. The SMILES string of the molecule is C=CC(C)CC(C)CC(C)(CC(C)CNC)OC.CC.CC1CC2C(C)C(C)C12.CCCCC.CCNCC.N#CI. The molecule has 0 aromatic carbocycles. The van der Waals surface area contributed by atoms with E-state index in [4.69, 9.17) is 10.00 Å². The molecule has 0 bridgehead atoms. The van der Waals surface area contributed by atoms with Crippen molar-refractivity contribution in [3.05, 3.63) is 12.7 Å². The molecule has 9 unspecified atom stereocenters. The van der Waals surface area contributed by atoms with Crippen LogP contribution >= 0.6 is 22.6 Å². The molecule has 2 fully saturated rings. The first-order valence-corrected chi connectivity index (χ1v) is 18.4. The van der Waals surface area contributed by atoms with Gasteiger partial charge in [-0.3, -0.25) is 0 Å². The molecule has 2 aliphatic rings. The van der Waals surface area contributed by atoms with Crippen LogP contribution in [-0.2, 0) is 4.74 Å². The van der Waals surface area contributed by atoms with Crippen molar-refractivity contribution in [3.63, 3.8) is 0 Å². The van der Waals surface area contributed by atoms with Crippen molar-refractivity contribution >= 4 is 22.6 Å². The Balaban J connectivity index is -0.000000248. The number of nitrogens with zero attached hydrogens (tertiary/aromatic N) is 1. The van der Waals surface area contributed by atoms with Gasteiger partial charge in [-0.1, -0.05) is 108 Å². The molecule has 0 heterocycles. The van der Waals surface area contributed by atoms with Crippen LogP contribution in [0, 0.1) is 56.7 Å². The standard InChI is InChI=1S/C16H33NO.C9H16.C5H12.C4H11N.C2H6.CIN/c1-8-13(2)9-14(3)10-16(5,18-7)11-15(4)12-17-6;1-5-4-8-6(2)7(3)9(5)8;2*1-3-5-4-2;1-2;2-1-3/h8,13-15,17H,1,9-12H2,2-7H3;5-9H,4H2,1-3H3;3-5H2,1-2H3;5H,3-4H2,1-2H3;1-2H3;. The molecule has 0 aromatic heterocycles. The minimum atomic E-state index is -0.00340. The van der Waals surface area contributed by atoms with Crippen LogP contribution in [0.4, 0.5) is 0 Å². The van der Waals surface area contributed by atoms with Crippen molar-refractivity contribution in [2.75, 3.05) is 33.8 Å². The highest BCUT2D eigenvalue weighted by atomic mass is 127. The normalized spacial score (nSPS) is 24.5. The Morgan fingerprint density at radius 1 is 1.00 bits per heavy atom. The zero-order chi connectivity index (χ0) is 33.7. The highest BCUT2D eigenvalue weighted by Gasteiger charge is 2.54. The Labute approximate surface area is 280 Å². The van der Waals surface area contributed by atoms with Gasteiger partial charge in [-0.15, -0.1) is 6.58 Å². The number of fused-ring (bicyclic) bond motifs is 1. The number of hydrogen-bond acceptors (Lipinski definition) is 4. The van der Waals surface area contributed by atoms with Gasteiger partial charge in [0.15, 0.2) is 0 Å². The number of rotatable bonds is 14. The predicted octanol–water partition coefficient (Wildman–Crippen LogP) is 11.2. The molecule has 2 saturated carbocycles. The monoisotopic (exact) mass is 708 g/mol. The van der Waals surface area contributed by atoms with Crippen LogP contribution in [0.2, 0.25) is 0 Å². The molecule has 0 aliphatic heterocycles. The Morgan fingerprint density at radius 2 is 1.48 bits per heavy atom. The number of hydrogen-bond donors (Lipinski definition) is 2. The summed E-state index contributed by atoms with van der Waals surface area (Å²) in [6.45, 7) is 36.0. The second-order valence-electron chi connectivity index (χ2n) is 12.8. The van der Waals surface area contributed by atoms with Gasteiger partial charge in [0.25, 0.3) is 0 Å². The molecule has 42 heavy (non-hydrogen) atoms. The summed E-state index contributed by atoms with van der Waals surface area (Å²) in [6, 6.07) is 0. The van der Waals surface area contributed by atoms with Gasteiger partial charge >= 0.3 is 0 Å². The third-order valence-corrected chi connectivity index (χ3v) is 8.90. The van der Waals surface area contributed by atoms with E-state index in [0.29, 0.717) is 17.8 Å². The van der Waals surface area contributed by atoms with Crippen LogP contribution in [0.1, 0.15) is 135 Å². The van der Waals surface area contributed by atoms with Crippen LogP contribution in [-0.4, -0.2) is 39.4 Å². The summed E-state index contributed by atoms with van der Waals surface area (Å²) in [6.07, 6.45) is 11.1. The largest absolute Gasteiger partial charge is 0.379 e. The molecule has 2 N–H and O–H groups in total. The first kappa shape index (κ1) is 48.7. The van der Waals surface area contributed by atoms with Crippen LogP contribution in [0.3, 0.4) is 0 Å². The summed E-state index contributed by atoms with van der Waals surface area (Å²) in [5.74, 6) is 7.31. The zero-order valence-corrected chi connectivity index (χ0v) is 33.4. The van der Waals surface area contributed by atoms with E-state index >= 15 is 0 Å². The average Bonchev–Trinajstić information content (AvgIpc) is 2.94. The summed E-state index contributed by atoms with van der Waals surface area (Å²) in [5, 5.41) is 13.7. The molecular formula is C37H78IN3O. The molecular weight excluding hydrogens is 629 g/mol. The van der Waals surface area contributed by atoms with Crippen molar-refractivity contribution in [1.82, 2.24) is 10.6 Å². The van der Waals surface area contributed by atoms with Gasteiger partial charge in [0.05, 0.1) is 28.2 Å².